The number of hydrogen-bond donors (Lipinski definition) is 0. The van der Waals surface area contributed by atoms with Gasteiger partial charge in [0, 0.05) is 17.1 Å². The molecule has 1 aromatic carbocycles. The summed E-state index contributed by atoms with van der Waals surface area (Å²) in [6.07, 6.45) is 2.09. The predicted molar refractivity (Wildman–Crippen MR) is 77.4 cm³/mol. The molecule has 5 heteroatoms. The van der Waals surface area contributed by atoms with Crippen molar-refractivity contribution in [1.29, 1.82) is 0 Å². The average molecular weight is 341 g/mol. The van der Waals surface area contributed by atoms with Crippen LogP contribution in [0.25, 0.3) is 0 Å². The highest BCUT2D eigenvalue weighted by molar-refractivity contribution is 9.10. The molecule has 0 saturated carbocycles. The molecule has 0 N–H and O–H groups in total. The first-order chi connectivity index (χ1) is 9.15. The molecule has 98 valence electrons. The summed E-state index contributed by atoms with van der Waals surface area (Å²) < 4.78 is 6.20. The number of halogens is 2. The first-order valence-electron chi connectivity index (χ1n) is 5.68. The van der Waals surface area contributed by atoms with Crippen molar-refractivity contribution in [3.63, 3.8) is 0 Å². The summed E-state index contributed by atoms with van der Waals surface area (Å²) in [6.45, 7) is 0.336. The van der Waals surface area contributed by atoms with Gasteiger partial charge in [-0.3, -0.25) is 0 Å². The zero-order valence-electron chi connectivity index (χ0n) is 9.98. The van der Waals surface area contributed by atoms with Gasteiger partial charge in [0.1, 0.15) is 5.15 Å². The highest BCUT2D eigenvalue weighted by Crippen LogP contribution is 2.11. The first kappa shape index (κ1) is 14.0. The summed E-state index contributed by atoms with van der Waals surface area (Å²) in [5.41, 5.74) is 1.52. The second-order valence-corrected chi connectivity index (χ2v) is 5.18. The van der Waals surface area contributed by atoms with Crippen LogP contribution in [0.4, 0.5) is 0 Å². The predicted octanol–water partition coefficient (Wildman–Crippen LogP) is 3.90. The van der Waals surface area contributed by atoms with E-state index in [0.29, 0.717) is 23.7 Å². The van der Waals surface area contributed by atoms with Crippen LogP contribution in [0, 0.1) is 0 Å². The molecule has 0 aliphatic rings. The van der Waals surface area contributed by atoms with Crippen molar-refractivity contribution >= 4 is 33.5 Å². The van der Waals surface area contributed by atoms with Crippen LogP contribution in [0.3, 0.4) is 0 Å². The Bertz CT molecular complexity index is 555. The molecule has 0 fully saturated rings. The molecule has 2 rings (SSSR count). The molecule has 0 aliphatic heterocycles. The van der Waals surface area contributed by atoms with Gasteiger partial charge in [0.2, 0.25) is 0 Å². The second kappa shape index (κ2) is 6.68. The molecular weight excluding hydrogens is 330 g/mol. The van der Waals surface area contributed by atoms with E-state index in [1.807, 2.05) is 24.3 Å². The molecule has 0 spiro atoms. The molecule has 3 nitrogen and oxygen atoms in total. The topological polar surface area (TPSA) is 39.2 Å². The molecule has 0 aliphatic carbocycles. The molecule has 0 unspecified atom stereocenters. The second-order valence-electron chi connectivity index (χ2n) is 3.88. The molecule has 0 saturated heterocycles. The largest absolute Gasteiger partial charge is 0.462 e. The van der Waals surface area contributed by atoms with Gasteiger partial charge < -0.3 is 4.74 Å². The van der Waals surface area contributed by atoms with E-state index in [4.69, 9.17) is 16.3 Å². The Morgan fingerprint density at radius 2 is 1.95 bits per heavy atom. The van der Waals surface area contributed by atoms with Crippen LogP contribution in [-0.2, 0) is 11.2 Å². The summed E-state index contributed by atoms with van der Waals surface area (Å²) in [4.78, 5) is 15.5. The summed E-state index contributed by atoms with van der Waals surface area (Å²) in [7, 11) is 0. The van der Waals surface area contributed by atoms with Gasteiger partial charge >= 0.3 is 5.97 Å². The van der Waals surface area contributed by atoms with Crippen LogP contribution in [-0.4, -0.2) is 17.6 Å². The first-order valence-corrected chi connectivity index (χ1v) is 6.85. The van der Waals surface area contributed by atoms with Crippen molar-refractivity contribution in [2.45, 2.75) is 6.42 Å². The molecule has 0 amide bonds. The van der Waals surface area contributed by atoms with Gasteiger partial charge in [0.25, 0.3) is 0 Å². The molecule has 2 aromatic rings. The van der Waals surface area contributed by atoms with Crippen molar-refractivity contribution in [3.8, 4) is 0 Å². The van der Waals surface area contributed by atoms with Gasteiger partial charge in [-0.15, -0.1) is 0 Å². The monoisotopic (exact) mass is 339 g/mol. The number of esters is 1. The van der Waals surface area contributed by atoms with Crippen molar-refractivity contribution in [2.24, 2.45) is 0 Å². The van der Waals surface area contributed by atoms with E-state index in [1.54, 1.807) is 12.1 Å². The van der Waals surface area contributed by atoms with Gasteiger partial charge in [0.15, 0.2) is 0 Å². The van der Waals surface area contributed by atoms with E-state index < -0.39 is 0 Å². The van der Waals surface area contributed by atoms with E-state index in [1.165, 1.54) is 6.20 Å². The van der Waals surface area contributed by atoms with Crippen LogP contribution < -0.4 is 0 Å². The van der Waals surface area contributed by atoms with Gasteiger partial charge in [-0.1, -0.05) is 39.7 Å². The van der Waals surface area contributed by atoms with Gasteiger partial charge in [0.05, 0.1) is 12.2 Å². The maximum Gasteiger partial charge on any atom is 0.339 e. The summed E-state index contributed by atoms with van der Waals surface area (Å²) in [5.74, 6) is -0.388. The molecule has 0 bridgehead atoms. The number of pyridine rings is 1. The third-order valence-corrected chi connectivity index (χ3v) is 3.25. The number of carbonyl (C=O) groups is 1. The smallest absolute Gasteiger partial charge is 0.339 e. The molecule has 1 heterocycles. The Balaban J connectivity index is 1.84. The fourth-order valence-corrected chi connectivity index (χ4v) is 1.87. The van der Waals surface area contributed by atoms with Crippen LogP contribution in [0.1, 0.15) is 15.9 Å². The molecule has 0 atom stereocenters. The van der Waals surface area contributed by atoms with Crippen molar-refractivity contribution < 1.29 is 9.53 Å². The Labute approximate surface area is 124 Å². The number of carbonyl (C=O) groups excluding carboxylic acids is 1. The van der Waals surface area contributed by atoms with E-state index in [2.05, 4.69) is 20.9 Å². The highest BCUT2D eigenvalue weighted by atomic mass is 79.9. The number of ether oxygens (including phenoxy) is 1. The Hall–Kier alpha value is -1.39. The van der Waals surface area contributed by atoms with E-state index in [9.17, 15) is 4.79 Å². The van der Waals surface area contributed by atoms with Gasteiger partial charge in [-0.05, 0) is 29.8 Å². The quantitative estimate of drug-likeness (QED) is 0.626. The molecule has 19 heavy (non-hydrogen) atoms. The third kappa shape index (κ3) is 4.33. The fraction of sp³-hybridized carbons (Fsp3) is 0.143. The lowest BCUT2D eigenvalue weighted by molar-refractivity contribution is 0.0509. The zero-order valence-corrected chi connectivity index (χ0v) is 12.3. The van der Waals surface area contributed by atoms with Crippen LogP contribution in [0.15, 0.2) is 47.1 Å². The Kier molecular flexibility index (Phi) is 4.93. The van der Waals surface area contributed by atoms with Crippen LogP contribution in [0.2, 0.25) is 5.15 Å². The average Bonchev–Trinajstić information content (AvgIpc) is 2.41. The lowest BCUT2D eigenvalue weighted by Crippen LogP contribution is -2.08. The molecule has 0 radical (unpaired) electrons. The minimum absolute atomic E-state index is 0.336. The molecule has 1 aromatic heterocycles. The number of rotatable bonds is 4. The Morgan fingerprint density at radius 3 is 2.58 bits per heavy atom. The van der Waals surface area contributed by atoms with Gasteiger partial charge in [-0.25, -0.2) is 9.78 Å². The van der Waals surface area contributed by atoms with Crippen molar-refractivity contribution in [3.05, 3.63) is 63.3 Å². The fourth-order valence-electron chi connectivity index (χ4n) is 1.49. The maximum atomic E-state index is 11.7. The van der Waals surface area contributed by atoms with E-state index in [-0.39, 0.29) is 5.97 Å². The third-order valence-electron chi connectivity index (χ3n) is 2.50. The minimum atomic E-state index is -0.388. The lowest BCUT2D eigenvalue weighted by atomic mass is 10.2. The lowest BCUT2D eigenvalue weighted by Gasteiger charge is -2.05. The normalized spacial score (nSPS) is 10.2. The number of benzene rings is 1. The van der Waals surface area contributed by atoms with E-state index in [0.717, 1.165) is 10.0 Å². The standard InChI is InChI=1S/C14H11BrClNO2/c15-12-4-1-10(2-5-12)7-8-19-14(18)11-3-6-13(16)17-9-11/h1-6,9H,7-8H2. The van der Waals surface area contributed by atoms with Crippen LogP contribution in [0.5, 0.6) is 0 Å². The van der Waals surface area contributed by atoms with Gasteiger partial charge in [-0.2, -0.15) is 0 Å². The highest BCUT2D eigenvalue weighted by Gasteiger charge is 2.07. The zero-order chi connectivity index (χ0) is 13.7. The number of nitrogens with zero attached hydrogens (tertiary/aromatic N) is 1. The van der Waals surface area contributed by atoms with Crippen LogP contribution >= 0.6 is 27.5 Å². The van der Waals surface area contributed by atoms with Crippen molar-refractivity contribution in [1.82, 2.24) is 4.98 Å². The van der Waals surface area contributed by atoms with Crippen molar-refractivity contribution in [2.75, 3.05) is 6.61 Å². The maximum absolute atomic E-state index is 11.7. The van der Waals surface area contributed by atoms with E-state index >= 15 is 0 Å². The number of aromatic nitrogens is 1. The number of hydrogen-bond acceptors (Lipinski definition) is 3. The molecular formula is C14H11BrClNO2. The summed E-state index contributed by atoms with van der Waals surface area (Å²) in [5, 5.41) is 0.353. The summed E-state index contributed by atoms with van der Waals surface area (Å²) >= 11 is 9.02. The SMILES string of the molecule is O=C(OCCc1ccc(Br)cc1)c1ccc(Cl)nc1. The minimum Gasteiger partial charge on any atom is -0.462 e. The summed E-state index contributed by atoms with van der Waals surface area (Å²) in [6, 6.07) is 11.0. The Morgan fingerprint density at radius 1 is 1.21 bits per heavy atom.